The summed E-state index contributed by atoms with van der Waals surface area (Å²) >= 11 is 3.47. The molecule has 0 aromatic carbocycles. The lowest BCUT2D eigenvalue weighted by Gasteiger charge is -2.26. The molecule has 2 aromatic heterocycles. The molecule has 0 spiro atoms. The highest BCUT2D eigenvalue weighted by molar-refractivity contribution is 8.00. The van der Waals surface area contributed by atoms with Crippen LogP contribution >= 0.6 is 23.5 Å². The van der Waals surface area contributed by atoms with Crippen LogP contribution in [0.25, 0.3) is 5.65 Å². The van der Waals surface area contributed by atoms with E-state index in [0.29, 0.717) is 5.92 Å². The molecular weight excluding hydrogens is 374 g/mol. The number of thioether (sulfide) groups is 2. The summed E-state index contributed by atoms with van der Waals surface area (Å²) in [5.74, 6) is 1.15. The Morgan fingerprint density at radius 2 is 2.30 bits per heavy atom. The third kappa shape index (κ3) is 2.78. The van der Waals surface area contributed by atoms with E-state index >= 15 is 0 Å². The average molecular weight is 398 g/mol. The lowest BCUT2D eigenvalue weighted by Crippen LogP contribution is -2.21. The Hall–Kier alpha value is -1.60. The Morgan fingerprint density at radius 1 is 1.37 bits per heavy atom. The molecule has 7 heteroatoms. The van der Waals surface area contributed by atoms with Gasteiger partial charge in [0.2, 0.25) is 0 Å². The van der Waals surface area contributed by atoms with Crippen LogP contribution in [0.2, 0.25) is 0 Å². The van der Waals surface area contributed by atoms with Crippen LogP contribution in [0.15, 0.2) is 45.2 Å². The van der Waals surface area contributed by atoms with Crippen LogP contribution < -0.4 is 0 Å². The Balaban J connectivity index is 1.56. The van der Waals surface area contributed by atoms with Crippen molar-refractivity contribution in [2.45, 2.75) is 66.8 Å². The fraction of sp³-hybridized carbons (Fsp3) is 0.500. The molecule has 0 saturated heterocycles. The third-order valence-electron chi connectivity index (χ3n) is 5.60. The van der Waals surface area contributed by atoms with Gasteiger partial charge in [0.1, 0.15) is 11.7 Å². The second-order valence-corrected chi connectivity index (χ2v) is 9.37. The summed E-state index contributed by atoms with van der Waals surface area (Å²) in [6.45, 7) is 6.04. The normalized spacial score (nSPS) is 23.4. The van der Waals surface area contributed by atoms with E-state index in [2.05, 4.69) is 23.7 Å². The Labute approximate surface area is 167 Å². The van der Waals surface area contributed by atoms with Gasteiger partial charge in [-0.05, 0) is 37.7 Å². The number of rotatable bonds is 6. The average Bonchev–Trinajstić information content (AvgIpc) is 3.39. The van der Waals surface area contributed by atoms with Gasteiger partial charge in [0, 0.05) is 11.5 Å². The molecule has 5 rings (SSSR count). The van der Waals surface area contributed by atoms with Crippen LogP contribution in [-0.4, -0.2) is 36.4 Å². The molecule has 5 nitrogen and oxygen atoms in total. The zero-order chi connectivity index (χ0) is 18.4. The molecule has 0 N–H and O–H groups in total. The van der Waals surface area contributed by atoms with E-state index in [1.807, 2.05) is 28.6 Å². The van der Waals surface area contributed by atoms with Crippen LogP contribution in [0.5, 0.6) is 0 Å². The van der Waals surface area contributed by atoms with E-state index < -0.39 is 0 Å². The molecule has 2 aliphatic heterocycles. The van der Waals surface area contributed by atoms with E-state index in [1.54, 1.807) is 22.9 Å². The Morgan fingerprint density at radius 3 is 3.15 bits per heavy atom. The summed E-state index contributed by atoms with van der Waals surface area (Å²) < 4.78 is 2.02. The molecule has 3 aliphatic rings. The first kappa shape index (κ1) is 17.5. The van der Waals surface area contributed by atoms with Gasteiger partial charge in [0.15, 0.2) is 10.8 Å². The summed E-state index contributed by atoms with van der Waals surface area (Å²) in [4.78, 5) is 11.3. The monoisotopic (exact) mass is 397 g/mol. The van der Waals surface area contributed by atoms with Crippen LogP contribution in [0.4, 0.5) is 0 Å². The molecule has 4 heterocycles. The van der Waals surface area contributed by atoms with Crippen molar-refractivity contribution in [3.63, 3.8) is 0 Å². The fourth-order valence-electron chi connectivity index (χ4n) is 4.39. The summed E-state index contributed by atoms with van der Waals surface area (Å²) in [6, 6.07) is 0. The van der Waals surface area contributed by atoms with Crippen molar-refractivity contribution >= 4 is 34.9 Å². The topological polar surface area (TPSA) is 55.4 Å². The second kappa shape index (κ2) is 7.09. The van der Waals surface area contributed by atoms with Gasteiger partial charge in [0.05, 0.1) is 16.5 Å². The van der Waals surface area contributed by atoms with Crippen LogP contribution in [0.3, 0.4) is 0 Å². The molecule has 0 unspecified atom stereocenters. The largest absolute Gasteiger partial charge is 0.274 e. The Kier molecular flexibility index (Phi) is 4.60. The number of aliphatic imine (C=N–C) groups is 1. The quantitative estimate of drug-likeness (QED) is 0.505. The number of unbranched alkanes of at least 4 members (excludes halogenated alkanes) is 1. The van der Waals surface area contributed by atoms with E-state index in [4.69, 9.17) is 9.98 Å². The molecule has 2 atom stereocenters. The van der Waals surface area contributed by atoms with Crippen molar-refractivity contribution in [2.75, 3.05) is 5.75 Å². The Bertz CT molecular complexity index is 974. The van der Waals surface area contributed by atoms with Gasteiger partial charge in [-0.2, -0.15) is 0 Å². The number of aromatic nitrogens is 4. The van der Waals surface area contributed by atoms with Crippen LogP contribution in [0, 0.1) is 0 Å². The zero-order valence-corrected chi connectivity index (χ0v) is 17.2. The van der Waals surface area contributed by atoms with Gasteiger partial charge in [-0.1, -0.05) is 48.5 Å². The number of allylic oxidation sites excluding steroid dienone is 1. The first-order chi connectivity index (χ1) is 13.3. The second-order valence-electron chi connectivity index (χ2n) is 7.26. The summed E-state index contributed by atoms with van der Waals surface area (Å²) in [5.41, 5.74) is 6.60. The highest BCUT2D eigenvalue weighted by atomic mass is 32.2. The zero-order valence-electron chi connectivity index (χ0n) is 15.5. The molecule has 0 amide bonds. The standard InChI is InChI=1S/C20H23N5S2/c1-3-5-9-14-12-7-6-8-13(12)15-16-17(27-19(15)22-14)18-23-24-20(26-10-4-2)25(18)11-21-16/h4,11,15,19H,2-3,5-10H2,1H3/t15-,19+/m0/s1. The first-order valence-electron chi connectivity index (χ1n) is 9.74. The van der Waals surface area contributed by atoms with Gasteiger partial charge in [-0.15, -0.1) is 16.8 Å². The van der Waals surface area contributed by atoms with Crippen LogP contribution in [-0.2, 0) is 0 Å². The van der Waals surface area contributed by atoms with Gasteiger partial charge in [-0.25, -0.2) is 4.98 Å². The van der Waals surface area contributed by atoms with Crippen molar-refractivity contribution < 1.29 is 0 Å². The van der Waals surface area contributed by atoms with E-state index in [-0.39, 0.29) is 5.37 Å². The van der Waals surface area contributed by atoms with E-state index in [0.717, 1.165) is 28.7 Å². The molecule has 0 fully saturated rings. The van der Waals surface area contributed by atoms with Crippen molar-refractivity contribution in [1.29, 1.82) is 0 Å². The van der Waals surface area contributed by atoms with Gasteiger partial charge >= 0.3 is 0 Å². The lowest BCUT2D eigenvalue weighted by molar-refractivity contribution is 0.692. The van der Waals surface area contributed by atoms with Crippen molar-refractivity contribution in [1.82, 2.24) is 19.6 Å². The maximum Gasteiger partial charge on any atom is 0.197 e. The third-order valence-corrected chi connectivity index (χ3v) is 7.78. The SMILES string of the molecule is C=CCSc1nnc2c3c(ncn12)[C@@H]1C2=C(CCC2)C(CCCC)=N[C@@H]1S3. The number of hydrogen-bond donors (Lipinski definition) is 0. The van der Waals surface area contributed by atoms with Gasteiger partial charge < -0.3 is 0 Å². The highest BCUT2D eigenvalue weighted by Gasteiger charge is 2.44. The highest BCUT2D eigenvalue weighted by Crippen LogP contribution is 2.55. The van der Waals surface area contributed by atoms with Crippen LogP contribution in [0.1, 0.15) is 57.1 Å². The van der Waals surface area contributed by atoms with E-state index in [1.165, 1.54) is 42.7 Å². The van der Waals surface area contributed by atoms with Gasteiger partial charge in [0.25, 0.3) is 0 Å². The molecule has 0 saturated carbocycles. The number of nitrogens with zero attached hydrogens (tertiary/aromatic N) is 5. The van der Waals surface area contributed by atoms with E-state index in [9.17, 15) is 0 Å². The molecule has 2 aromatic rings. The number of fused-ring (bicyclic) bond motifs is 6. The molecule has 27 heavy (non-hydrogen) atoms. The molecular formula is C20H23N5S2. The number of dihydropyridines is 1. The van der Waals surface area contributed by atoms with Crippen molar-refractivity contribution in [3.8, 4) is 0 Å². The summed E-state index contributed by atoms with van der Waals surface area (Å²) in [6.07, 6.45) is 11.0. The maximum absolute atomic E-state index is 5.21. The molecule has 140 valence electrons. The predicted molar refractivity (Wildman–Crippen MR) is 112 cm³/mol. The minimum Gasteiger partial charge on any atom is -0.274 e. The minimum absolute atomic E-state index is 0.225. The van der Waals surface area contributed by atoms with Gasteiger partial charge in [-0.3, -0.25) is 9.39 Å². The smallest absolute Gasteiger partial charge is 0.197 e. The molecule has 1 aliphatic carbocycles. The predicted octanol–water partition coefficient (Wildman–Crippen LogP) is 5.04. The van der Waals surface area contributed by atoms with Crippen molar-refractivity contribution in [3.05, 3.63) is 35.8 Å². The molecule has 0 radical (unpaired) electrons. The molecule has 0 bridgehead atoms. The number of hydrogen-bond acceptors (Lipinski definition) is 6. The summed E-state index contributed by atoms with van der Waals surface area (Å²) in [5, 5.41) is 9.97. The fourth-order valence-corrected chi connectivity index (χ4v) is 6.42. The van der Waals surface area contributed by atoms with Crippen molar-refractivity contribution in [2.24, 2.45) is 4.99 Å². The maximum atomic E-state index is 5.21. The first-order valence-corrected chi connectivity index (χ1v) is 11.6. The minimum atomic E-state index is 0.225. The summed E-state index contributed by atoms with van der Waals surface area (Å²) in [7, 11) is 0. The lowest BCUT2D eigenvalue weighted by atomic mass is 9.87.